The van der Waals surface area contributed by atoms with E-state index in [9.17, 15) is 8.42 Å². The van der Waals surface area contributed by atoms with E-state index in [2.05, 4.69) is 11.8 Å². The van der Waals surface area contributed by atoms with Crippen molar-refractivity contribution in [2.24, 2.45) is 0 Å². The third-order valence-corrected chi connectivity index (χ3v) is 6.84. The van der Waals surface area contributed by atoms with Crippen LogP contribution in [-0.4, -0.2) is 80.5 Å². The van der Waals surface area contributed by atoms with Crippen molar-refractivity contribution in [1.29, 1.82) is 0 Å². The first-order valence-electron chi connectivity index (χ1n) is 7.91. The Morgan fingerprint density at radius 1 is 1.29 bits per heavy atom. The molecule has 122 valence electrons. The summed E-state index contributed by atoms with van der Waals surface area (Å²) in [6.07, 6.45) is 2.45. The molecule has 3 heterocycles. The second-order valence-corrected chi connectivity index (χ2v) is 8.81. The molecule has 0 radical (unpaired) electrons. The lowest BCUT2D eigenvalue weighted by molar-refractivity contribution is -0.202. The lowest BCUT2D eigenvalue weighted by Crippen LogP contribution is -2.56. The summed E-state index contributed by atoms with van der Waals surface area (Å²) >= 11 is 0. The Balaban J connectivity index is 1.52. The molecule has 0 bridgehead atoms. The molecule has 1 unspecified atom stereocenters. The van der Waals surface area contributed by atoms with Crippen LogP contribution < -0.4 is 0 Å². The molecule has 3 fully saturated rings. The van der Waals surface area contributed by atoms with Crippen LogP contribution in [0.1, 0.15) is 26.7 Å². The Morgan fingerprint density at radius 3 is 2.57 bits per heavy atom. The van der Waals surface area contributed by atoms with Crippen LogP contribution in [0, 0.1) is 0 Å². The number of ether oxygens (including phenoxy) is 2. The lowest BCUT2D eigenvalue weighted by atomic mass is 9.98. The highest BCUT2D eigenvalue weighted by atomic mass is 32.2. The fourth-order valence-corrected chi connectivity index (χ4v) is 4.66. The summed E-state index contributed by atoms with van der Waals surface area (Å²) in [7, 11) is -3.06. The number of piperazine rings is 1. The molecule has 1 spiro atoms. The standard InChI is InChI=1S/C14H26N2O4S/c1-3-21(17,18)16-7-6-15(12(2)8-16)9-13-4-5-14(20-13)10-19-11-14/h12-13H,3-11H2,1-2H3/t12-,13?/m1/s1. The topological polar surface area (TPSA) is 59.1 Å². The Labute approximate surface area is 127 Å². The molecule has 3 aliphatic rings. The zero-order valence-electron chi connectivity index (χ0n) is 13.0. The molecule has 6 nitrogen and oxygen atoms in total. The molecule has 0 aliphatic carbocycles. The van der Waals surface area contributed by atoms with Gasteiger partial charge in [-0.3, -0.25) is 4.90 Å². The highest BCUT2D eigenvalue weighted by Crippen LogP contribution is 2.36. The molecular weight excluding hydrogens is 292 g/mol. The smallest absolute Gasteiger partial charge is 0.213 e. The summed E-state index contributed by atoms with van der Waals surface area (Å²) in [5.74, 6) is 0.188. The first-order valence-corrected chi connectivity index (χ1v) is 9.52. The Hall–Kier alpha value is -0.210. The Morgan fingerprint density at radius 2 is 2.05 bits per heavy atom. The van der Waals surface area contributed by atoms with E-state index in [0.29, 0.717) is 13.1 Å². The van der Waals surface area contributed by atoms with E-state index in [4.69, 9.17) is 9.47 Å². The molecule has 3 rings (SSSR count). The van der Waals surface area contributed by atoms with Gasteiger partial charge >= 0.3 is 0 Å². The van der Waals surface area contributed by atoms with Crippen molar-refractivity contribution in [2.45, 2.75) is 44.4 Å². The average Bonchev–Trinajstić information content (AvgIpc) is 2.85. The van der Waals surface area contributed by atoms with Crippen molar-refractivity contribution >= 4 is 10.0 Å². The normalized spacial score (nSPS) is 34.2. The Kier molecular flexibility index (Phi) is 4.31. The highest BCUT2D eigenvalue weighted by molar-refractivity contribution is 7.89. The van der Waals surface area contributed by atoms with Crippen molar-refractivity contribution < 1.29 is 17.9 Å². The fraction of sp³-hybridized carbons (Fsp3) is 1.00. The van der Waals surface area contributed by atoms with Gasteiger partial charge in [0.1, 0.15) is 5.60 Å². The molecule has 0 aromatic rings. The third kappa shape index (κ3) is 3.12. The van der Waals surface area contributed by atoms with Crippen LogP contribution in [0.15, 0.2) is 0 Å². The van der Waals surface area contributed by atoms with Gasteiger partial charge in [0.2, 0.25) is 10.0 Å². The summed E-state index contributed by atoms with van der Waals surface area (Å²) in [6.45, 7) is 8.18. The van der Waals surface area contributed by atoms with Gasteiger partial charge in [-0.2, -0.15) is 4.31 Å². The molecule has 0 saturated carbocycles. The predicted octanol–water partition coefficient (Wildman–Crippen LogP) is 0.290. The maximum absolute atomic E-state index is 12.0. The number of rotatable bonds is 4. The van der Waals surface area contributed by atoms with Crippen LogP contribution in [-0.2, 0) is 19.5 Å². The van der Waals surface area contributed by atoms with Gasteiger partial charge in [0.05, 0.1) is 25.1 Å². The van der Waals surface area contributed by atoms with Gasteiger partial charge in [-0.1, -0.05) is 0 Å². The minimum atomic E-state index is -3.06. The molecule has 2 atom stereocenters. The summed E-state index contributed by atoms with van der Waals surface area (Å²) in [5.41, 5.74) is 0.00127. The minimum absolute atomic E-state index is 0.00127. The predicted molar refractivity (Wildman–Crippen MR) is 79.7 cm³/mol. The van der Waals surface area contributed by atoms with E-state index < -0.39 is 10.0 Å². The maximum Gasteiger partial charge on any atom is 0.213 e. The minimum Gasteiger partial charge on any atom is -0.375 e. The molecule has 0 aromatic heterocycles. The van der Waals surface area contributed by atoms with Crippen LogP contribution in [0.25, 0.3) is 0 Å². The van der Waals surface area contributed by atoms with Gasteiger partial charge < -0.3 is 9.47 Å². The van der Waals surface area contributed by atoms with E-state index in [1.165, 1.54) is 0 Å². The van der Waals surface area contributed by atoms with E-state index in [0.717, 1.165) is 39.1 Å². The second-order valence-electron chi connectivity index (χ2n) is 6.56. The van der Waals surface area contributed by atoms with Crippen molar-refractivity contribution in [3.05, 3.63) is 0 Å². The zero-order chi connectivity index (χ0) is 15.1. The average molecular weight is 318 g/mol. The van der Waals surface area contributed by atoms with E-state index in [1.807, 2.05) is 0 Å². The van der Waals surface area contributed by atoms with Gasteiger partial charge in [-0.15, -0.1) is 0 Å². The molecule has 0 N–H and O–H groups in total. The van der Waals surface area contributed by atoms with Gasteiger partial charge in [-0.25, -0.2) is 8.42 Å². The van der Waals surface area contributed by atoms with Crippen LogP contribution in [0.5, 0.6) is 0 Å². The van der Waals surface area contributed by atoms with Gasteiger partial charge in [-0.05, 0) is 26.7 Å². The molecular formula is C14H26N2O4S. The molecule has 7 heteroatoms. The first-order chi connectivity index (χ1) is 9.94. The van der Waals surface area contributed by atoms with E-state index in [-0.39, 0.29) is 23.5 Å². The van der Waals surface area contributed by atoms with Crippen LogP contribution in [0.3, 0.4) is 0 Å². The SMILES string of the molecule is CCS(=O)(=O)N1CCN(CC2CCC3(COC3)O2)[C@H](C)C1. The van der Waals surface area contributed by atoms with Crippen molar-refractivity contribution in [1.82, 2.24) is 9.21 Å². The van der Waals surface area contributed by atoms with Crippen molar-refractivity contribution in [3.63, 3.8) is 0 Å². The number of sulfonamides is 1. The molecule has 0 aromatic carbocycles. The lowest BCUT2D eigenvalue weighted by Gasteiger charge is -2.41. The van der Waals surface area contributed by atoms with Gasteiger partial charge in [0, 0.05) is 32.2 Å². The van der Waals surface area contributed by atoms with Crippen LogP contribution in [0.2, 0.25) is 0 Å². The third-order valence-electron chi connectivity index (χ3n) is 4.99. The van der Waals surface area contributed by atoms with Gasteiger partial charge in [0.25, 0.3) is 0 Å². The van der Waals surface area contributed by atoms with Gasteiger partial charge in [0.15, 0.2) is 0 Å². The van der Waals surface area contributed by atoms with Crippen molar-refractivity contribution in [3.8, 4) is 0 Å². The summed E-state index contributed by atoms with van der Waals surface area (Å²) in [6, 6.07) is 0.248. The second kappa shape index (κ2) is 5.77. The Bertz CT molecular complexity index is 477. The summed E-state index contributed by atoms with van der Waals surface area (Å²) in [5, 5.41) is 0. The molecule has 0 amide bonds. The highest BCUT2D eigenvalue weighted by Gasteiger charge is 2.47. The van der Waals surface area contributed by atoms with Crippen LogP contribution >= 0.6 is 0 Å². The number of hydrogen-bond donors (Lipinski definition) is 0. The van der Waals surface area contributed by atoms with Crippen molar-refractivity contribution in [2.75, 3.05) is 45.1 Å². The zero-order valence-corrected chi connectivity index (χ0v) is 13.8. The maximum atomic E-state index is 12.0. The quantitative estimate of drug-likeness (QED) is 0.746. The van der Waals surface area contributed by atoms with E-state index >= 15 is 0 Å². The molecule has 3 aliphatic heterocycles. The monoisotopic (exact) mass is 318 g/mol. The number of nitrogens with zero attached hydrogens (tertiary/aromatic N) is 2. The largest absolute Gasteiger partial charge is 0.375 e. The fourth-order valence-electron chi connectivity index (χ4n) is 3.50. The molecule has 3 saturated heterocycles. The number of hydrogen-bond acceptors (Lipinski definition) is 5. The summed E-state index contributed by atoms with van der Waals surface area (Å²) in [4.78, 5) is 2.37. The summed E-state index contributed by atoms with van der Waals surface area (Å²) < 4.78 is 37.0. The van der Waals surface area contributed by atoms with E-state index in [1.54, 1.807) is 11.2 Å². The van der Waals surface area contributed by atoms with Crippen LogP contribution in [0.4, 0.5) is 0 Å². The molecule has 21 heavy (non-hydrogen) atoms. The first kappa shape index (κ1) is 15.7.